The molecule has 1 aliphatic rings. The molecule has 2 atom stereocenters. The summed E-state index contributed by atoms with van der Waals surface area (Å²) in [4.78, 5) is 25.8. The summed E-state index contributed by atoms with van der Waals surface area (Å²) >= 11 is 0. The van der Waals surface area contributed by atoms with Crippen molar-refractivity contribution in [3.05, 3.63) is 0 Å². The maximum absolute atomic E-state index is 12.6. The fourth-order valence-electron chi connectivity index (χ4n) is 2.57. The van der Waals surface area contributed by atoms with Crippen molar-refractivity contribution >= 4 is 11.8 Å². The van der Waals surface area contributed by atoms with E-state index in [2.05, 4.69) is 12.2 Å². The molecule has 18 heavy (non-hydrogen) atoms. The van der Waals surface area contributed by atoms with Gasteiger partial charge in [0, 0.05) is 19.5 Å². The van der Waals surface area contributed by atoms with Crippen LogP contribution in [0.15, 0.2) is 0 Å². The Balaban J connectivity index is 2.85. The van der Waals surface area contributed by atoms with E-state index in [0.29, 0.717) is 6.04 Å². The minimum Gasteiger partial charge on any atom is -0.344 e. The highest BCUT2D eigenvalue weighted by molar-refractivity contribution is 5.88. The molecular weight excluding hydrogens is 228 g/mol. The van der Waals surface area contributed by atoms with Crippen LogP contribution in [0, 0.1) is 5.41 Å². The lowest BCUT2D eigenvalue weighted by Crippen LogP contribution is -2.55. The SMILES string of the molecule is CCC1CCCN1C(=O)C(NC(C)=O)C(C)(C)C. The molecule has 1 heterocycles. The molecule has 1 N–H and O–H groups in total. The maximum Gasteiger partial charge on any atom is 0.245 e. The molecule has 0 saturated carbocycles. The molecule has 0 bridgehead atoms. The van der Waals surface area contributed by atoms with Gasteiger partial charge in [-0.3, -0.25) is 9.59 Å². The van der Waals surface area contributed by atoms with Gasteiger partial charge in [-0.15, -0.1) is 0 Å². The minimum absolute atomic E-state index is 0.0713. The molecule has 0 aliphatic carbocycles. The summed E-state index contributed by atoms with van der Waals surface area (Å²) in [6.45, 7) is 10.4. The van der Waals surface area contributed by atoms with Gasteiger partial charge in [0.05, 0.1) is 0 Å². The third-order valence-corrected chi connectivity index (χ3v) is 3.59. The summed E-state index contributed by atoms with van der Waals surface area (Å²) in [6, 6.07) is -0.0849. The fourth-order valence-corrected chi connectivity index (χ4v) is 2.57. The zero-order valence-electron chi connectivity index (χ0n) is 12.2. The van der Waals surface area contributed by atoms with Gasteiger partial charge in [0.1, 0.15) is 6.04 Å². The number of amides is 2. The zero-order chi connectivity index (χ0) is 13.9. The largest absolute Gasteiger partial charge is 0.344 e. The Labute approximate surface area is 110 Å². The van der Waals surface area contributed by atoms with E-state index in [1.54, 1.807) is 0 Å². The van der Waals surface area contributed by atoms with Gasteiger partial charge in [-0.2, -0.15) is 0 Å². The van der Waals surface area contributed by atoms with E-state index in [4.69, 9.17) is 0 Å². The molecule has 2 amide bonds. The van der Waals surface area contributed by atoms with Gasteiger partial charge in [0.25, 0.3) is 0 Å². The number of hydrogen-bond acceptors (Lipinski definition) is 2. The Morgan fingerprint density at radius 1 is 1.39 bits per heavy atom. The Morgan fingerprint density at radius 2 is 2.00 bits per heavy atom. The highest BCUT2D eigenvalue weighted by Crippen LogP contribution is 2.26. The second-order valence-corrected chi connectivity index (χ2v) is 6.24. The van der Waals surface area contributed by atoms with Crippen molar-refractivity contribution in [2.75, 3.05) is 6.54 Å². The lowest BCUT2D eigenvalue weighted by Gasteiger charge is -2.35. The lowest BCUT2D eigenvalue weighted by atomic mass is 9.85. The summed E-state index contributed by atoms with van der Waals surface area (Å²) in [5.74, 6) is -0.0717. The molecule has 0 aromatic heterocycles. The first-order valence-electron chi connectivity index (χ1n) is 6.85. The first-order chi connectivity index (χ1) is 8.27. The fraction of sp³-hybridized carbons (Fsp3) is 0.857. The van der Waals surface area contributed by atoms with Crippen molar-refractivity contribution in [1.82, 2.24) is 10.2 Å². The number of carbonyl (C=O) groups is 2. The van der Waals surface area contributed by atoms with Crippen LogP contribution in [0.5, 0.6) is 0 Å². The molecule has 0 aromatic rings. The van der Waals surface area contributed by atoms with Crippen molar-refractivity contribution in [3.63, 3.8) is 0 Å². The number of nitrogens with one attached hydrogen (secondary N) is 1. The molecule has 4 nitrogen and oxygen atoms in total. The van der Waals surface area contributed by atoms with E-state index in [1.807, 2.05) is 25.7 Å². The van der Waals surface area contributed by atoms with Crippen LogP contribution in [0.2, 0.25) is 0 Å². The summed E-state index contributed by atoms with van der Waals surface area (Å²) in [5.41, 5.74) is -0.260. The van der Waals surface area contributed by atoms with E-state index in [9.17, 15) is 9.59 Å². The van der Waals surface area contributed by atoms with Crippen molar-refractivity contribution in [2.45, 2.75) is 66.0 Å². The first-order valence-corrected chi connectivity index (χ1v) is 6.85. The van der Waals surface area contributed by atoms with E-state index in [0.717, 1.165) is 25.8 Å². The van der Waals surface area contributed by atoms with Crippen LogP contribution < -0.4 is 5.32 Å². The normalized spacial score (nSPS) is 21.8. The van der Waals surface area contributed by atoms with Crippen LogP contribution in [0.1, 0.15) is 53.9 Å². The molecule has 104 valence electrons. The minimum atomic E-state index is -0.429. The quantitative estimate of drug-likeness (QED) is 0.836. The molecule has 0 spiro atoms. The van der Waals surface area contributed by atoms with E-state index in [-0.39, 0.29) is 17.2 Å². The Morgan fingerprint density at radius 3 is 2.44 bits per heavy atom. The molecule has 1 saturated heterocycles. The number of rotatable bonds is 3. The van der Waals surface area contributed by atoms with Gasteiger partial charge in [-0.25, -0.2) is 0 Å². The van der Waals surface area contributed by atoms with Gasteiger partial charge in [-0.1, -0.05) is 27.7 Å². The smallest absolute Gasteiger partial charge is 0.245 e. The predicted molar refractivity (Wildman–Crippen MR) is 72.1 cm³/mol. The summed E-state index contributed by atoms with van der Waals surface area (Å²) < 4.78 is 0. The third kappa shape index (κ3) is 3.47. The molecular formula is C14H26N2O2. The van der Waals surface area contributed by atoms with Crippen LogP contribution in [0.4, 0.5) is 0 Å². The molecule has 1 rings (SSSR count). The van der Waals surface area contributed by atoms with Gasteiger partial charge >= 0.3 is 0 Å². The molecule has 0 radical (unpaired) electrons. The monoisotopic (exact) mass is 254 g/mol. The van der Waals surface area contributed by atoms with Gasteiger partial charge < -0.3 is 10.2 Å². The molecule has 0 aromatic carbocycles. The molecule has 1 aliphatic heterocycles. The van der Waals surface area contributed by atoms with Gasteiger partial charge in [0.2, 0.25) is 11.8 Å². The van der Waals surface area contributed by atoms with Crippen LogP contribution in [0.25, 0.3) is 0 Å². The standard InChI is InChI=1S/C14H26N2O2/c1-6-11-8-7-9-16(11)13(18)12(14(3,4)5)15-10(2)17/h11-12H,6-9H2,1-5H3,(H,15,17). The van der Waals surface area contributed by atoms with E-state index >= 15 is 0 Å². The van der Waals surface area contributed by atoms with Crippen molar-refractivity contribution in [2.24, 2.45) is 5.41 Å². The number of likely N-dealkylation sites (tertiary alicyclic amines) is 1. The third-order valence-electron chi connectivity index (χ3n) is 3.59. The number of hydrogen-bond donors (Lipinski definition) is 1. The van der Waals surface area contributed by atoms with E-state index < -0.39 is 6.04 Å². The van der Waals surface area contributed by atoms with Crippen LogP contribution in [-0.2, 0) is 9.59 Å². The average Bonchev–Trinajstić information content (AvgIpc) is 2.71. The average molecular weight is 254 g/mol. The zero-order valence-corrected chi connectivity index (χ0v) is 12.2. The van der Waals surface area contributed by atoms with Gasteiger partial charge in [-0.05, 0) is 24.7 Å². The Bertz CT molecular complexity index is 320. The highest BCUT2D eigenvalue weighted by Gasteiger charge is 2.38. The molecule has 2 unspecified atom stereocenters. The first kappa shape index (κ1) is 15.0. The van der Waals surface area contributed by atoms with Gasteiger partial charge in [0.15, 0.2) is 0 Å². The molecule has 1 fully saturated rings. The number of nitrogens with zero attached hydrogens (tertiary/aromatic N) is 1. The predicted octanol–water partition coefficient (Wildman–Crippen LogP) is 1.94. The van der Waals surface area contributed by atoms with Crippen molar-refractivity contribution < 1.29 is 9.59 Å². The Hall–Kier alpha value is -1.06. The highest BCUT2D eigenvalue weighted by atomic mass is 16.2. The van der Waals surface area contributed by atoms with E-state index in [1.165, 1.54) is 6.92 Å². The lowest BCUT2D eigenvalue weighted by molar-refractivity contribution is -0.139. The van der Waals surface area contributed by atoms with Crippen LogP contribution in [-0.4, -0.2) is 35.3 Å². The van der Waals surface area contributed by atoms with Crippen LogP contribution in [0.3, 0.4) is 0 Å². The number of carbonyl (C=O) groups excluding carboxylic acids is 2. The maximum atomic E-state index is 12.6. The summed E-state index contributed by atoms with van der Waals surface area (Å²) in [7, 11) is 0. The van der Waals surface area contributed by atoms with Crippen LogP contribution >= 0.6 is 0 Å². The second-order valence-electron chi connectivity index (χ2n) is 6.24. The van der Waals surface area contributed by atoms with Crippen molar-refractivity contribution in [3.8, 4) is 0 Å². The summed E-state index contributed by atoms with van der Waals surface area (Å²) in [6.07, 6.45) is 3.14. The topological polar surface area (TPSA) is 49.4 Å². The molecule has 4 heteroatoms. The Kier molecular flexibility index (Phi) is 4.77. The second kappa shape index (κ2) is 5.72. The van der Waals surface area contributed by atoms with Crippen molar-refractivity contribution in [1.29, 1.82) is 0 Å². The summed E-state index contributed by atoms with van der Waals surface area (Å²) in [5, 5.41) is 2.81.